The molecule has 0 aromatic heterocycles. The van der Waals surface area contributed by atoms with Crippen molar-refractivity contribution in [1.29, 1.82) is 0 Å². The van der Waals surface area contributed by atoms with E-state index in [-0.39, 0.29) is 18.2 Å². The molecule has 0 radical (unpaired) electrons. The number of hydrogen-bond acceptors (Lipinski definition) is 5. The van der Waals surface area contributed by atoms with Crippen LogP contribution in [0.25, 0.3) is 0 Å². The maximum Gasteiger partial charge on any atom is 0.234 e. The van der Waals surface area contributed by atoms with E-state index in [0.29, 0.717) is 6.54 Å². The van der Waals surface area contributed by atoms with Crippen LogP contribution in [0.2, 0.25) is 0 Å². The first-order chi connectivity index (χ1) is 7.47. The highest BCUT2D eigenvalue weighted by Gasteiger charge is 2.13. The van der Waals surface area contributed by atoms with Crippen molar-refractivity contribution < 1.29 is 13.2 Å². The molecule has 0 bridgehead atoms. The molecule has 2 N–H and O–H groups in total. The Balaban J connectivity index is 2.15. The first-order valence-electron chi connectivity index (χ1n) is 5.35. The first-order valence-corrected chi connectivity index (χ1v) is 7.41. The van der Waals surface area contributed by atoms with E-state index >= 15 is 0 Å². The second kappa shape index (κ2) is 6.17. The van der Waals surface area contributed by atoms with E-state index < -0.39 is 9.84 Å². The lowest BCUT2D eigenvalue weighted by Gasteiger charge is -2.26. The molecule has 1 heterocycles. The largest absolute Gasteiger partial charge is 0.354 e. The van der Waals surface area contributed by atoms with Gasteiger partial charge in [0.05, 0.1) is 12.3 Å². The van der Waals surface area contributed by atoms with Crippen molar-refractivity contribution in [2.75, 3.05) is 51.3 Å². The summed E-state index contributed by atoms with van der Waals surface area (Å²) in [5.41, 5.74) is 0. The van der Waals surface area contributed by atoms with Gasteiger partial charge >= 0.3 is 0 Å². The summed E-state index contributed by atoms with van der Waals surface area (Å²) in [6.45, 7) is 4.07. The Hall–Kier alpha value is -0.660. The minimum atomic E-state index is -2.99. The van der Waals surface area contributed by atoms with Crippen molar-refractivity contribution in [2.45, 2.75) is 0 Å². The van der Waals surface area contributed by atoms with Crippen molar-refractivity contribution in [2.24, 2.45) is 0 Å². The summed E-state index contributed by atoms with van der Waals surface area (Å²) in [4.78, 5) is 13.5. The molecule has 1 fully saturated rings. The Morgan fingerprint density at radius 1 is 1.38 bits per heavy atom. The van der Waals surface area contributed by atoms with Crippen LogP contribution >= 0.6 is 0 Å². The van der Waals surface area contributed by atoms with Crippen LogP contribution in [0, 0.1) is 0 Å². The minimum Gasteiger partial charge on any atom is -0.354 e. The molecule has 7 heteroatoms. The number of amides is 1. The summed E-state index contributed by atoms with van der Waals surface area (Å²) < 4.78 is 21.7. The van der Waals surface area contributed by atoms with Gasteiger partial charge in [-0.3, -0.25) is 9.69 Å². The summed E-state index contributed by atoms with van der Waals surface area (Å²) in [5, 5.41) is 5.80. The van der Waals surface area contributed by atoms with E-state index in [1.54, 1.807) is 0 Å². The van der Waals surface area contributed by atoms with Crippen LogP contribution in [0.1, 0.15) is 0 Å². The van der Waals surface area contributed by atoms with Gasteiger partial charge in [-0.1, -0.05) is 0 Å². The number of carbonyl (C=O) groups is 1. The molecule has 0 saturated carbocycles. The molecule has 0 atom stereocenters. The number of piperazine rings is 1. The summed E-state index contributed by atoms with van der Waals surface area (Å²) in [6.07, 6.45) is 1.16. The van der Waals surface area contributed by atoms with E-state index in [1.165, 1.54) is 0 Å². The molecule has 6 nitrogen and oxygen atoms in total. The van der Waals surface area contributed by atoms with Gasteiger partial charge in [0.1, 0.15) is 9.84 Å². The molecule has 1 aliphatic rings. The van der Waals surface area contributed by atoms with E-state index in [1.807, 2.05) is 4.90 Å². The maximum atomic E-state index is 11.4. The van der Waals surface area contributed by atoms with E-state index in [9.17, 15) is 13.2 Å². The summed E-state index contributed by atoms with van der Waals surface area (Å²) in [5.74, 6) is -0.106. The molecule has 0 aromatic rings. The zero-order valence-corrected chi connectivity index (χ0v) is 10.3. The van der Waals surface area contributed by atoms with E-state index in [0.717, 1.165) is 32.4 Å². The highest BCUT2D eigenvalue weighted by Crippen LogP contribution is 1.90. The zero-order valence-electron chi connectivity index (χ0n) is 9.53. The molecule has 16 heavy (non-hydrogen) atoms. The van der Waals surface area contributed by atoms with Crippen LogP contribution in [0.4, 0.5) is 0 Å². The molecule has 1 aliphatic heterocycles. The van der Waals surface area contributed by atoms with Crippen molar-refractivity contribution in [3.8, 4) is 0 Å². The normalized spacial score (nSPS) is 18.3. The number of sulfone groups is 1. The number of nitrogens with one attached hydrogen (secondary N) is 2. The molecule has 0 unspecified atom stereocenters. The Morgan fingerprint density at radius 3 is 2.56 bits per heavy atom. The van der Waals surface area contributed by atoms with Gasteiger partial charge in [-0.15, -0.1) is 0 Å². The Labute approximate surface area is 96.3 Å². The van der Waals surface area contributed by atoms with Crippen LogP contribution in [-0.2, 0) is 14.6 Å². The van der Waals surface area contributed by atoms with Gasteiger partial charge in [0.25, 0.3) is 0 Å². The van der Waals surface area contributed by atoms with Crippen LogP contribution in [0.3, 0.4) is 0 Å². The average Bonchev–Trinajstić information content (AvgIpc) is 2.17. The Kier molecular flexibility index (Phi) is 5.17. The highest BCUT2D eigenvalue weighted by molar-refractivity contribution is 7.90. The third-order valence-electron chi connectivity index (χ3n) is 2.37. The predicted octanol–water partition coefficient (Wildman–Crippen LogP) is -1.95. The summed E-state index contributed by atoms with van der Waals surface area (Å²) in [6, 6.07) is 0. The second-order valence-corrected chi connectivity index (χ2v) is 6.27. The molecule has 1 amide bonds. The second-order valence-electron chi connectivity index (χ2n) is 4.01. The summed E-state index contributed by atoms with van der Waals surface area (Å²) >= 11 is 0. The molecule has 1 rings (SSSR count). The Morgan fingerprint density at radius 2 is 2.00 bits per heavy atom. The average molecular weight is 249 g/mol. The lowest BCUT2D eigenvalue weighted by molar-refractivity contribution is -0.122. The number of nitrogens with zero attached hydrogens (tertiary/aromatic N) is 1. The van der Waals surface area contributed by atoms with Gasteiger partial charge in [-0.25, -0.2) is 8.42 Å². The van der Waals surface area contributed by atoms with Gasteiger partial charge in [0.15, 0.2) is 0 Å². The van der Waals surface area contributed by atoms with Crippen LogP contribution in [-0.4, -0.2) is 70.5 Å². The minimum absolute atomic E-state index is 0.000293. The first kappa shape index (κ1) is 13.4. The molecular weight excluding hydrogens is 230 g/mol. The monoisotopic (exact) mass is 249 g/mol. The molecule has 94 valence electrons. The smallest absolute Gasteiger partial charge is 0.234 e. The lowest BCUT2D eigenvalue weighted by atomic mass is 10.3. The van der Waals surface area contributed by atoms with Crippen molar-refractivity contribution >= 4 is 15.7 Å². The van der Waals surface area contributed by atoms with Gasteiger partial charge < -0.3 is 10.6 Å². The van der Waals surface area contributed by atoms with Gasteiger partial charge in [-0.05, 0) is 0 Å². The fraction of sp³-hybridized carbons (Fsp3) is 0.889. The fourth-order valence-electron chi connectivity index (χ4n) is 1.50. The van der Waals surface area contributed by atoms with E-state index in [4.69, 9.17) is 0 Å². The van der Waals surface area contributed by atoms with Crippen molar-refractivity contribution in [3.63, 3.8) is 0 Å². The van der Waals surface area contributed by atoms with Crippen molar-refractivity contribution in [1.82, 2.24) is 15.5 Å². The summed E-state index contributed by atoms with van der Waals surface area (Å²) in [7, 11) is -2.99. The SMILES string of the molecule is CS(=O)(=O)CCNC(=O)CN1CCNCC1. The standard InChI is InChI=1S/C9H19N3O3S/c1-16(14,15)7-4-11-9(13)8-12-5-2-10-3-6-12/h10H,2-8H2,1H3,(H,11,13). The quantitative estimate of drug-likeness (QED) is 0.592. The van der Waals surface area contributed by atoms with Crippen LogP contribution < -0.4 is 10.6 Å². The number of rotatable bonds is 5. The fourth-order valence-corrected chi connectivity index (χ4v) is 1.98. The molecule has 0 spiro atoms. The molecule has 0 aromatic carbocycles. The van der Waals surface area contributed by atoms with Crippen LogP contribution in [0.5, 0.6) is 0 Å². The molecular formula is C9H19N3O3S. The Bertz CT molecular complexity index is 323. The third-order valence-corrected chi connectivity index (χ3v) is 3.32. The van der Waals surface area contributed by atoms with E-state index in [2.05, 4.69) is 10.6 Å². The predicted molar refractivity (Wildman–Crippen MR) is 62.0 cm³/mol. The lowest BCUT2D eigenvalue weighted by Crippen LogP contribution is -2.47. The van der Waals surface area contributed by atoms with Crippen LogP contribution in [0.15, 0.2) is 0 Å². The molecule has 0 aliphatic carbocycles. The maximum absolute atomic E-state index is 11.4. The molecule has 1 saturated heterocycles. The van der Waals surface area contributed by atoms with Gasteiger partial charge in [0.2, 0.25) is 5.91 Å². The topological polar surface area (TPSA) is 78.5 Å². The zero-order chi connectivity index (χ0) is 12.0. The highest BCUT2D eigenvalue weighted by atomic mass is 32.2. The van der Waals surface area contributed by atoms with Gasteiger partial charge in [0, 0.05) is 39.0 Å². The number of carbonyl (C=O) groups excluding carboxylic acids is 1. The third kappa shape index (κ3) is 6.04. The van der Waals surface area contributed by atoms with Gasteiger partial charge in [-0.2, -0.15) is 0 Å². The van der Waals surface area contributed by atoms with Crippen molar-refractivity contribution in [3.05, 3.63) is 0 Å². The number of hydrogen-bond donors (Lipinski definition) is 2.